The van der Waals surface area contributed by atoms with Gasteiger partial charge in [-0.3, -0.25) is 4.68 Å². The first-order valence-corrected chi connectivity index (χ1v) is 7.24. The van der Waals surface area contributed by atoms with Gasteiger partial charge in [-0.05, 0) is 29.7 Å². The molecule has 1 N–H and O–H groups in total. The van der Waals surface area contributed by atoms with Gasteiger partial charge in [0.15, 0.2) is 0 Å². The monoisotopic (exact) mass is 314 g/mol. The summed E-state index contributed by atoms with van der Waals surface area (Å²) in [5.74, 6) is -1.11. The van der Waals surface area contributed by atoms with E-state index in [-0.39, 0.29) is 6.61 Å². The molecule has 0 radical (unpaired) electrons. The van der Waals surface area contributed by atoms with Crippen LogP contribution in [-0.2, 0) is 13.2 Å². The van der Waals surface area contributed by atoms with Crippen LogP contribution < -0.4 is 0 Å². The van der Waals surface area contributed by atoms with Gasteiger partial charge in [-0.1, -0.05) is 24.3 Å². The van der Waals surface area contributed by atoms with Crippen molar-refractivity contribution < 1.29 is 13.9 Å². The Hall–Kier alpha value is -2.53. The normalized spacial score (nSPS) is 11.0. The molecule has 1 heterocycles. The van der Waals surface area contributed by atoms with Crippen LogP contribution >= 0.6 is 0 Å². The summed E-state index contributed by atoms with van der Waals surface area (Å²) >= 11 is 0. The van der Waals surface area contributed by atoms with E-state index in [9.17, 15) is 8.78 Å². The second kappa shape index (κ2) is 6.30. The third-order valence-corrected chi connectivity index (χ3v) is 3.73. The van der Waals surface area contributed by atoms with Crippen molar-refractivity contribution in [2.45, 2.75) is 20.1 Å². The fourth-order valence-electron chi connectivity index (χ4n) is 2.43. The molecular formula is C18H16F2N2O. The summed E-state index contributed by atoms with van der Waals surface area (Å²) in [7, 11) is 0. The lowest BCUT2D eigenvalue weighted by Gasteiger charge is -2.08. The van der Waals surface area contributed by atoms with Crippen LogP contribution in [0.3, 0.4) is 0 Å². The Balaban J connectivity index is 1.83. The molecule has 0 saturated carbocycles. The lowest BCUT2D eigenvalue weighted by atomic mass is 10.0. The lowest BCUT2D eigenvalue weighted by molar-refractivity contribution is 0.281. The maximum atomic E-state index is 13.9. The number of aliphatic hydroxyl groups excluding tert-OH is 1. The molecule has 0 bridgehead atoms. The molecule has 0 atom stereocenters. The minimum absolute atomic E-state index is 0.0396. The molecule has 3 nitrogen and oxygen atoms in total. The van der Waals surface area contributed by atoms with Gasteiger partial charge in [0.05, 0.1) is 19.3 Å². The zero-order valence-corrected chi connectivity index (χ0v) is 12.6. The maximum Gasteiger partial charge on any atom is 0.133 e. The molecule has 2 aromatic carbocycles. The molecule has 0 unspecified atom stereocenters. The molecule has 0 amide bonds. The fraction of sp³-hybridized carbons (Fsp3) is 0.167. The first-order chi connectivity index (χ1) is 11.1. The van der Waals surface area contributed by atoms with Crippen LogP contribution in [0.25, 0.3) is 11.1 Å². The summed E-state index contributed by atoms with van der Waals surface area (Å²) in [5, 5.41) is 13.2. The zero-order valence-electron chi connectivity index (χ0n) is 12.6. The Morgan fingerprint density at radius 3 is 2.43 bits per heavy atom. The smallest absolute Gasteiger partial charge is 0.133 e. The van der Waals surface area contributed by atoms with Crippen LogP contribution in [0, 0.1) is 18.6 Å². The van der Waals surface area contributed by atoms with E-state index in [2.05, 4.69) is 5.10 Å². The number of rotatable bonds is 4. The molecule has 118 valence electrons. The first kappa shape index (κ1) is 15.4. The van der Waals surface area contributed by atoms with Gasteiger partial charge in [0, 0.05) is 23.4 Å². The summed E-state index contributed by atoms with van der Waals surface area (Å²) in [6, 6.07) is 9.81. The number of halogens is 2. The minimum Gasteiger partial charge on any atom is -0.392 e. The molecule has 1 aromatic heterocycles. The van der Waals surface area contributed by atoms with Crippen LogP contribution in [-0.4, -0.2) is 14.9 Å². The standard InChI is InChI=1S/C18H16F2N2O/c1-12-6-16(18(20)7-17(12)19)15-4-2-13(3-5-15)9-22-10-14(11-23)8-21-22/h2-8,10,23H,9,11H2,1H3. The zero-order chi connectivity index (χ0) is 16.4. The molecule has 0 aliphatic carbocycles. The van der Waals surface area contributed by atoms with Crippen molar-refractivity contribution in [1.82, 2.24) is 9.78 Å². The molecule has 23 heavy (non-hydrogen) atoms. The highest BCUT2D eigenvalue weighted by molar-refractivity contribution is 5.65. The van der Waals surface area contributed by atoms with E-state index in [0.717, 1.165) is 17.2 Å². The second-order valence-electron chi connectivity index (χ2n) is 5.48. The Morgan fingerprint density at radius 2 is 1.78 bits per heavy atom. The first-order valence-electron chi connectivity index (χ1n) is 7.24. The highest BCUT2D eigenvalue weighted by atomic mass is 19.1. The highest BCUT2D eigenvalue weighted by Crippen LogP contribution is 2.26. The predicted molar refractivity (Wildman–Crippen MR) is 83.8 cm³/mol. The quantitative estimate of drug-likeness (QED) is 0.798. The molecular weight excluding hydrogens is 298 g/mol. The molecule has 0 fully saturated rings. The topological polar surface area (TPSA) is 38.0 Å². The number of nitrogens with zero attached hydrogens (tertiary/aromatic N) is 2. The van der Waals surface area contributed by atoms with E-state index < -0.39 is 11.6 Å². The van der Waals surface area contributed by atoms with E-state index in [1.807, 2.05) is 24.3 Å². The lowest BCUT2D eigenvalue weighted by Crippen LogP contribution is -1.99. The van der Waals surface area contributed by atoms with Crippen molar-refractivity contribution in [3.63, 3.8) is 0 Å². The molecule has 5 heteroatoms. The van der Waals surface area contributed by atoms with Crippen molar-refractivity contribution in [1.29, 1.82) is 0 Å². The predicted octanol–water partition coefficient (Wildman–Crippen LogP) is 3.68. The van der Waals surface area contributed by atoms with Gasteiger partial charge in [0.25, 0.3) is 0 Å². The van der Waals surface area contributed by atoms with Crippen LogP contribution in [0.2, 0.25) is 0 Å². The van der Waals surface area contributed by atoms with Crippen molar-refractivity contribution >= 4 is 0 Å². The van der Waals surface area contributed by atoms with E-state index in [1.54, 1.807) is 24.0 Å². The van der Waals surface area contributed by atoms with Gasteiger partial charge in [-0.2, -0.15) is 5.10 Å². The van der Waals surface area contributed by atoms with E-state index in [0.29, 0.717) is 23.2 Å². The fourth-order valence-corrected chi connectivity index (χ4v) is 2.43. The van der Waals surface area contributed by atoms with Gasteiger partial charge < -0.3 is 5.11 Å². The van der Waals surface area contributed by atoms with E-state index >= 15 is 0 Å². The highest BCUT2D eigenvalue weighted by Gasteiger charge is 2.09. The van der Waals surface area contributed by atoms with Crippen LogP contribution in [0.1, 0.15) is 16.7 Å². The second-order valence-corrected chi connectivity index (χ2v) is 5.48. The molecule has 0 spiro atoms. The largest absolute Gasteiger partial charge is 0.392 e. The van der Waals surface area contributed by atoms with E-state index in [4.69, 9.17) is 5.11 Å². The molecule has 0 aliphatic heterocycles. The van der Waals surface area contributed by atoms with Crippen molar-refractivity contribution in [3.05, 3.63) is 77.1 Å². The van der Waals surface area contributed by atoms with Gasteiger partial charge in [-0.15, -0.1) is 0 Å². The van der Waals surface area contributed by atoms with Crippen LogP contribution in [0.5, 0.6) is 0 Å². The summed E-state index contributed by atoms with van der Waals surface area (Å²) in [6.07, 6.45) is 3.39. The Morgan fingerprint density at radius 1 is 1.04 bits per heavy atom. The SMILES string of the molecule is Cc1cc(-c2ccc(Cn3cc(CO)cn3)cc2)c(F)cc1F. The number of hydrogen-bond acceptors (Lipinski definition) is 2. The minimum atomic E-state index is -0.569. The van der Waals surface area contributed by atoms with Crippen molar-refractivity contribution in [3.8, 4) is 11.1 Å². The summed E-state index contributed by atoms with van der Waals surface area (Å²) in [6.45, 7) is 2.14. The third kappa shape index (κ3) is 3.29. The average molecular weight is 314 g/mol. The Labute approximate surface area is 132 Å². The van der Waals surface area contributed by atoms with Gasteiger partial charge >= 0.3 is 0 Å². The maximum absolute atomic E-state index is 13.9. The number of hydrogen-bond donors (Lipinski definition) is 1. The average Bonchev–Trinajstić information content (AvgIpc) is 2.99. The van der Waals surface area contributed by atoms with E-state index in [1.165, 1.54) is 6.07 Å². The van der Waals surface area contributed by atoms with Crippen LogP contribution in [0.15, 0.2) is 48.8 Å². The number of benzene rings is 2. The van der Waals surface area contributed by atoms with Crippen LogP contribution in [0.4, 0.5) is 8.78 Å². The van der Waals surface area contributed by atoms with Gasteiger partial charge in [0.2, 0.25) is 0 Å². The number of aliphatic hydroxyl groups is 1. The molecule has 0 aliphatic rings. The third-order valence-electron chi connectivity index (χ3n) is 3.73. The Bertz CT molecular complexity index is 826. The Kier molecular flexibility index (Phi) is 4.21. The van der Waals surface area contributed by atoms with Gasteiger partial charge in [-0.25, -0.2) is 8.78 Å². The summed E-state index contributed by atoms with van der Waals surface area (Å²) < 4.78 is 29.0. The summed E-state index contributed by atoms with van der Waals surface area (Å²) in [4.78, 5) is 0. The molecule has 0 saturated heterocycles. The van der Waals surface area contributed by atoms with Crippen molar-refractivity contribution in [2.75, 3.05) is 0 Å². The number of aryl methyl sites for hydroxylation is 1. The van der Waals surface area contributed by atoms with Crippen molar-refractivity contribution in [2.24, 2.45) is 0 Å². The summed E-state index contributed by atoms with van der Waals surface area (Å²) in [5.41, 5.74) is 3.26. The number of aromatic nitrogens is 2. The van der Waals surface area contributed by atoms with Gasteiger partial charge in [0.1, 0.15) is 11.6 Å². The molecule has 3 rings (SSSR count). The molecule has 3 aromatic rings.